The van der Waals surface area contributed by atoms with Gasteiger partial charge in [-0.15, -0.1) is 0 Å². The number of aliphatic hydroxyl groups is 1. The molecule has 5 nitrogen and oxygen atoms in total. The third-order valence-corrected chi connectivity index (χ3v) is 2.84. The van der Waals surface area contributed by atoms with Gasteiger partial charge in [-0.3, -0.25) is 14.9 Å². The molecule has 0 unspecified atom stereocenters. The second-order valence-corrected chi connectivity index (χ2v) is 3.94. The number of rotatable bonds is 3. The molecule has 0 aliphatic carbocycles. The molecule has 0 saturated carbocycles. The highest BCUT2D eigenvalue weighted by atomic mass is 16.5. The first-order chi connectivity index (χ1) is 8.11. The molecule has 1 saturated heterocycles. The van der Waals surface area contributed by atoms with Gasteiger partial charge in [0.25, 0.3) is 0 Å². The molecule has 1 fully saturated rings. The molecule has 17 heavy (non-hydrogen) atoms. The summed E-state index contributed by atoms with van der Waals surface area (Å²) in [5.74, 6) is -0.783. The zero-order chi connectivity index (χ0) is 12.4. The maximum absolute atomic E-state index is 11.4. The first-order valence-corrected chi connectivity index (χ1v) is 5.27. The van der Waals surface area contributed by atoms with Gasteiger partial charge in [0.2, 0.25) is 11.8 Å². The van der Waals surface area contributed by atoms with Gasteiger partial charge in [0.05, 0.1) is 19.1 Å². The Balaban J connectivity index is 2.16. The minimum atomic E-state index is -0.965. The first kappa shape index (κ1) is 11.6. The zero-order valence-corrected chi connectivity index (χ0v) is 9.34. The van der Waals surface area contributed by atoms with Gasteiger partial charge in [-0.1, -0.05) is 12.1 Å². The minimum absolute atomic E-state index is 0.0338. The summed E-state index contributed by atoms with van der Waals surface area (Å²) >= 11 is 0. The number of methoxy groups -OCH3 is 1. The smallest absolute Gasteiger partial charge is 0.233 e. The number of nitrogens with one attached hydrogen (secondary N) is 1. The number of amides is 2. The maximum atomic E-state index is 11.4. The fourth-order valence-electron chi connectivity index (χ4n) is 1.86. The summed E-state index contributed by atoms with van der Waals surface area (Å²) in [4.78, 5) is 22.4. The number of aliphatic hydroxyl groups excluding tert-OH is 1. The Hall–Kier alpha value is -1.88. The third kappa shape index (κ3) is 2.29. The fourth-order valence-corrected chi connectivity index (χ4v) is 1.86. The van der Waals surface area contributed by atoms with Gasteiger partial charge in [0.15, 0.2) is 0 Å². The summed E-state index contributed by atoms with van der Waals surface area (Å²) in [5.41, 5.74) is 0.598. The summed E-state index contributed by atoms with van der Waals surface area (Å²) in [6, 6.07) is 6.76. The number of carbonyl (C=O) groups is 2. The number of hydrogen-bond acceptors (Lipinski definition) is 4. The van der Waals surface area contributed by atoms with Gasteiger partial charge in [-0.2, -0.15) is 0 Å². The number of carbonyl (C=O) groups excluding carboxylic acids is 2. The van der Waals surface area contributed by atoms with Gasteiger partial charge in [-0.05, 0) is 17.7 Å². The minimum Gasteiger partial charge on any atom is -0.497 e. The van der Waals surface area contributed by atoms with Crippen LogP contribution in [0.5, 0.6) is 5.75 Å². The number of ether oxygens (including phenoxy) is 1. The van der Waals surface area contributed by atoms with E-state index < -0.39 is 17.9 Å². The van der Waals surface area contributed by atoms with Crippen LogP contribution in [0.3, 0.4) is 0 Å². The van der Waals surface area contributed by atoms with Crippen molar-refractivity contribution in [2.24, 2.45) is 5.92 Å². The highest BCUT2D eigenvalue weighted by molar-refractivity contribution is 6.03. The Bertz CT molecular complexity index is 440. The van der Waals surface area contributed by atoms with Crippen molar-refractivity contribution in [3.63, 3.8) is 0 Å². The van der Waals surface area contributed by atoms with Crippen LogP contribution in [-0.2, 0) is 9.59 Å². The van der Waals surface area contributed by atoms with E-state index in [0.717, 1.165) is 0 Å². The van der Waals surface area contributed by atoms with Crippen molar-refractivity contribution in [2.45, 2.75) is 12.5 Å². The summed E-state index contributed by atoms with van der Waals surface area (Å²) < 4.78 is 5.00. The molecule has 2 atom stereocenters. The largest absolute Gasteiger partial charge is 0.497 e. The molecule has 1 aromatic rings. The molecule has 2 rings (SSSR count). The van der Waals surface area contributed by atoms with Crippen LogP contribution in [0, 0.1) is 5.92 Å². The summed E-state index contributed by atoms with van der Waals surface area (Å²) in [6.45, 7) is 0. The molecule has 1 aliphatic rings. The van der Waals surface area contributed by atoms with E-state index >= 15 is 0 Å². The summed E-state index contributed by atoms with van der Waals surface area (Å²) in [6.07, 6.45) is -0.932. The van der Waals surface area contributed by atoms with Crippen LogP contribution >= 0.6 is 0 Å². The molecule has 0 spiro atoms. The van der Waals surface area contributed by atoms with Crippen molar-refractivity contribution in [3.8, 4) is 5.75 Å². The molecule has 1 heterocycles. The van der Waals surface area contributed by atoms with Crippen molar-refractivity contribution in [3.05, 3.63) is 29.8 Å². The first-order valence-electron chi connectivity index (χ1n) is 5.27. The Morgan fingerprint density at radius 2 is 2.00 bits per heavy atom. The summed E-state index contributed by atoms with van der Waals surface area (Å²) in [5, 5.41) is 12.2. The topological polar surface area (TPSA) is 75.6 Å². The molecule has 2 N–H and O–H groups in total. The quantitative estimate of drug-likeness (QED) is 0.743. The molecule has 0 aromatic heterocycles. The molecule has 0 radical (unpaired) electrons. The van der Waals surface area contributed by atoms with E-state index in [-0.39, 0.29) is 12.3 Å². The van der Waals surface area contributed by atoms with Crippen molar-refractivity contribution in [1.29, 1.82) is 0 Å². The van der Waals surface area contributed by atoms with Gasteiger partial charge in [0.1, 0.15) is 5.75 Å². The Morgan fingerprint density at radius 1 is 1.35 bits per heavy atom. The number of benzene rings is 1. The highest BCUT2D eigenvalue weighted by Gasteiger charge is 2.36. The fraction of sp³-hybridized carbons (Fsp3) is 0.333. The highest BCUT2D eigenvalue weighted by Crippen LogP contribution is 2.28. The second-order valence-electron chi connectivity index (χ2n) is 3.94. The predicted molar refractivity (Wildman–Crippen MR) is 59.2 cm³/mol. The van der Waals surface area contributed by atoms with E-state index in [1.165, 1.54) is 0 Å². The van der Waals surface area contributed by atoms with Crippen LogP contribution in [0.25, 0.3) is 0 Å². The van der Waals surface area contributed by atoms with Crippen LogP contribution in [-0.4, -0.2) is 24.0 Å². The van der Waals surface area contributed by atoms with Crippen LogP contribution < -0.4 is 10.1 Å². The monoisotopic (exact) mass is 235 g/mol. The standard InChI is InChI=1S/C12H13NO4/c1-17-8-4-2-7(3-5-8)11(15)9-6-10(14)13-12(9)16/h2-5,9,11,15H,6H2,1H3,(H,13,14,16)/t9-,11+/m1/s1. The lowest BCUT2D eigenvalue weighted by Gasteiger charge is -2.15. The Morgan fingerprint density at radius 3 is 2.47 bits per heavy atom. The number of imide groups is 1. The molecule has 90 valence electrons. The zero-order valence-electron chi connectivity index (χ0n) is 9.34. The Labute approximate surface area is 98.4 Å². The van der Waals surface area contributed by atoms with E-state index in [2.05, 4.69) is 5.32 Å². The molecular weight excluding hydrogens is 222 g/mol. The second kappa shape index (κ2) is 4.55. The SMILES string of the molecule is COc1ccc([C@H](O)[C@H]2CC(=O)NC2=O)cc1. The lowest BCUT2D eigenvalue weighted by molar-refractivity contribution is -0.127. The van der Waals surface area contributed by atoms with Gasteiger partial charge in [0, 0.05) is 6.42 Å². The average Bonchev–Trinajstić information content (AvgIpc) is 2.68. The van der Waals surface area contributed by atoms with Crippen LogP contribution in [0.15, 0.2) is 24.3 Å². The van der Waals surface area contributed by atoms with Gasteiger partial charge >= 0.3 is 0 Å². The maximum Gasteiger partial charge on any atom is 0.233 e. The van der Waals surface area contributed by atoms with E-state index in [4.69, 9.17) is 4.74 Å². The van der Waals surface area contributed by atoms with E-state index in [1.54, 1.807) is 31.4 Å². The normalized spacial score (nSPS) is 21.2. The van der Waals surface area contributed by atoms with Crippen molar-refractivity contribution in [2.75, 3.05) is 7.11 Å². The average molecular weight is 235 g/mol. The van der Waals surface area contributed by atoms with Crippen LogP contribution in [0.2, 0.25) is 0 Å². The molecule has 5 heteroatoms. The molecule has 1 aromatic carbocycles. The van der Waals surface area contributed by atoms with Crippen LogP contribution in [0.1, 0.15) is 18.1 Å². The number of hydrogen-bond donors (Lipinski definition) is 2. The predicted octanol–water partition coefficient (Wildman–Crippen LogP) is 0.391. The van der Waals surface area contributed by atoms with E-state index in [1.807, 2.05) is 0 Å². The summed E-state index contributed by atoms with van der Waals surface area (Å²) in [7, 11) is 1.55. The van der Waals surface area contributed by atoms with Crippen LogP contribution in [0.4, 0.5) is 0 Å². The van der Waals surface area contributed by atoms with Gasteiger partial charge < -0.3 is 9.84 Å². The van der Waals surface area contributed by atoms with Crippen molar-refractivity contribution >= 4 is 11.8 Å². The molecular formula is C12H13NO4. The van der Waals surface area contributed by atoms with E-state index in [0.29, 0.717) is 11.3 Å². The lowest BCUT2D eigenvalue weighted by Crippen LogP contribution is -2.25. The van der Waals surface area contributed by atoms with Crippen molar-refractivity contribution < 1.29 is 19.4 Å². The molecule has 0 bridgehead atoms. The molecule has 1 aliphatic heterocycles. The third-order valence-electron chi connectivity index (χ3n) is 2.84. The Kier molecular flexibility index (Phi) is 3.10. The van der Waals surface area contributed by atoms with Gasteiger partial charge in [-0.25, -0.2) is 0 Å². The molecule has 2 amide bonds. The van der Waals surface area contributed by atoms with E-state index in [9.17, 15) is 14.7 Å². The van der Waals surface area contributed by atoms with Crippen molar-refractivity contribution in [1.82, 2.24) is 5.32 Å². The lowest BCUT2D eigenvalue weighted by atomic mass is 9.94.